The smallest absolute Gasteiger partial charge is 0.158 e. The van der Waals surface area contributed by atoms with Crippen LogP contribution in [0.5, 0.6) is 0 Å². The molecule has 3 aromatic heterocycles. The van der Waals surface area contributed by atoms with E-state index in [2.05, 4.69) is 56.6 Å². The van der Waals surface area contributed by atoms with Gasteiger partial charge in [0, 0.05) is 5.56 Å². The van der Waals surface area contributed by atoms with Gasteiger partial charge in [-0.3, -0.25) is 0 Å². The molecule has 0 unspecified atom stereocenters. The maximum Gasteiger partial charge on any atom is 0.158 e. The van der Waals surface area contributed by atoms with Crippen LogP contribution in [0.25, 0.3) is 16.2 Å². The highest BCUT2D eigenvalue weighted by molar-refractivity contribution is 7.13. The number of aromatic nitrogens is 3. The summed E-state index contributed by atoms with van der Waals surface area (Å²) in [5.41, 5.74) is 6.93. The number of aryl methyl sites for hydroxylation is 3. The molecule has 3 aromatic rings. The van der Waals surface area contributed by atoms with Crippen molar-refractivity contribution < 1.29 is 0 Å². The van der Waals surface area contributed by atoms with Crippen LogP contribution in [-0.2, 0) is 0 Å². The molecule has 0 bridgehead atoms. The molecule has 0 amide bonds. The Morgan fingerprint density at radius 1 is 1.18 bits per heavy atom. The van der Waals surface area contributed by atoms with Crippen LogP contribution in [-0.4, -0.2) is 14.6 Å². The lowest BCUT2D eigenvalue weighted by molar-refractivity contribution is 0.638. The second-order valence-corrected chi connectivity index (χ2v) is 6.88. The van der Waals surface area contributed by atoms with Crippen molar-refractivity contribution in [2.75, 3.05) is 0 Å². The van der Waals surface area contributed by atoms with E-state index in [0.29, 0.717) is 5.92 Å². The van der Waals surface area contributed by atoms with Crippen molar-refractivity contribution in [3.8, 4) is 10.6 Å². The van der Waals surface area contributed by atoms with Crippen LogP contribution >= 0.6 is 11.3 Å². The van der Waals surface area contributed by atoms with Crippen molar-refractivity contribution in [2.45, 2.75) is 53.4 Å². The normalized spacial score (nSPS) is 11.7. The van der Waals surface area contributed by atoms with E-state index >= 15 is 0 Å². The minimum Gasteiger partial charge on any atom is -0.231 e. The lowest BCUT2D eigenvalue weighted by Crippen LogP contribution is -2.05. The molecule has 0 N–H and O–H groups in total. The van der Waals surface area contributed by atoms with Gasteiger partial charge in [-0.2, -0.15) is 5.10 Å². The van der Waals surface area contributed by atoms with Gasteiger partial charge in [0.25, 0.3) is 0 Å². The molecule has 0 aromatic carbocycles. The SMILES string of the molecule is CCC(CC)c1cc(C)nn2c(-c3sccc3C)c(C)nc12. The van der Waals surface area contributed by atoms with Gasteiger partial charge in [-0.25, -0.2) is 9.50 Å². The topological polar surface area (TPSA) is 30.2 Å². The summed E-state index contributed by atoms with van der Waals surface area (Å²) in [7, 11) is 0. The molecule has 0 spiro atoms. The molecule has 0 aliphatic carbocycles. The average Bonchev–Trinajstić information content (AvgIpc) is 3.03. The molecule has 0 saturated heterocycles. The van der Waals surface area contributed by atoms with Gasteiger partial charge < -0.3 is 0 Å². The third-order valence-electron chi connectivity index (χ3n) is 4.41. The van der Waals surface area contributed by atoms with E-state index in [4.69, 9.17) is 10.1 Å². The molecule has 3 rings (SSSR count). The molecule has 0 aliphatic heterocycles. The Hall–Kier alpha value is -1.68. The summed E-state index contributed by atoms with van der Waals surface area (Å²) in [5, 5.41) is 6.91. The van der Waals surface area contributed by atoms with E-state index in [1.807, 2.05) is 0 Å². The van der Waals surface area contributed by atoms with Crippen molar-refractivity contribution in [1.29, 1.82) is 0 Å². The summed E-state index contributed by atoms with van der Waals surface area (Å²) in [6.45, 7) is 10.8. The van der Waals surface area contributed by atoms with E-state index in [1.54, 1.807) is 11.3 Å². The number of hydrogen-bond acceptors (Lipinski definition) is 3. The molecule has 0 saturated carbocycles. The highest BCUT2D eigenvalue weighted by Crippen LogP contribution is 2.34. The Kier molecular flexibility index (Phi) is 4.04. The largest absolute Gasteiger partial charge is 0.231 e. The fourth-order valence-electron chi connectivity index (χ4n) is 3.18. The number of rotatable bonds is 4. The molecule has 116 valence electrons. The number of hydrogen-bond donors (Lipinski definition) is 0. The Bertz CT molecular complexity index is 809. The molecule has 0 fully saturated rings. The first-order valence-electron chi connectivity index (χ1n) is 7.98. The first kappa shape index (κ1) is 15.2. The fourth-order valence-corrected chi connectivity index (χ4v) is 4.19. The highest BCUT2D eigenvalue weighted by atomic mass is 32.1. The third-order valence-corrected chi connectivity index (χ3v) is 5.43. The quantitative estimate of drug-likeness (QED) is 0.655. The van der Waals surface area contributed by atoms with Crippen LogP contribution in [0.2, 0.25) is 0 Å². The third kappa shape index (κ3) is 2.35. The van der Waals surface area contributed by atoms with Gasteiger partial charge in [-0.1, -0.05) is 13.8 Å². The summed E-state index contributed by atoms with van der Waals surface area (Å²) in [6.07, 6.45) is 2.27. The molecule has 3 nitrogen and oxygen atoms in total. The molecular formula is C18H23N3S. The van der Waals surface area contributed by atoms with E-state index in [9.17, 15) is 0 Å². The van der Waals surface area contributed by atoms with Gasteiger partial charge >= 0.3 is 0 Å². The number of imidazole rings is 1. The maximum atomic E-state index is 4.88. The monoisotopic (exact) mass is 313 g/mol. The van der Waals surface area contributed by atoms with Gasteiger partial charge in [0.15, 0.2) is 5.65 Å². The number of nitrogens with zero attached hydrogens (tertiary/aromatic N) is 3. The average molecular weight is 313 g/mol. The molecular weight excluding hydrogens is 290 g/mol. The van der Waals surface area contributed by atoms with Crippen molar-refractivity contribution in [3.05, 3.63) is 40.0 Å². The van der Waals surface area contributed by atoms with Crippen molar-refractivity contribution in [2.24, 2.45) is 0 Å². The zero-order valence-corrected chi connectivity index (χ0v) is 14.8. The van der Waals surface area contributed by atoms with E-state index < -0.39 is 0 Å². The van der Waals surface area contributed by atoms with Gasteiger partial charge in [0.05, 0.1) is 16.3 Å². The molecule has 0 atom stereocenters. The van der Waals surface area contributed by atoms with Crippen LogP contribution < -0.4 is 0 Å². The van der Waals surface area contributed by atoms with Crippen molar-refractivity contribution in [3.63, 3.8) is 0 Å². The first-order valence-corrected chi connectivity index (χ1v) is 8.86. The summed E-state index contributed by atoms with van der Waals surface area (Å²) >= 11 is 1.77. The van der Waals surface area contributed by atoms with Crippen molar-refractivity contribution >= 4 is 17.0 Å². The minimum absolute atomic E-state index is 0.545. The van der Waals surface area contributed by atoms with Gasteiger partial charge in [0.2, 0.25) is 0 Å². The van der Waals surface area contributed by atoms with E-state index in [0.717, 1.165) is 35.6 Å². The number of thiophene rings is 1. The van der Waals surface area contributed by atoms with Gasteiger partial charge in [0.1, 0.15) is 5.69 Å². The van der Waals surface area contributed by atoms with Gasteiger partial charge in [-0.05, 0) is 62.6 Å². The Morgan fingerprint density at radius 3 is 2.50 bits per heavy atom. The Balaban J connectivity index is 2.33. The van der Waals surface area contributed by atoms with Crippen molar-refractivity contribution in [1.82, 2.24) is 14.6 Å². The summed E-state index contributed by atoms with van der Waals surface area (Å²) < 4.78 is 2.07. The fraction of sp³-hybridized carbons (Fsp3) is 0.444. The Labute approximate surface area is 136 Å². The summed E-state index contributed by atoms with van der Waals surface area (Å²) in [5.74, 6) is 0.545. The summed E-state index contributed by atoms with van der Waals surface area (Å²) in [4.78, 5) is 6.15. The highest BCUT2D eigenvalue weighted by Gasteiger charge is 2.20. The minimum atomic E-state index is 0.545. The van der Waals surface area contributed by atoms with E-state index in [-0.39, 0.29) is 0 Å². The standard InChI is InChI=1S/C18H23N3S/c1-6-14(7-2)15-10-12(4)20-21-16(13(5)19-18(15)21)17-11(3)8-9-22-17/h8-10,14H,6-7H2,1-5H3. The first-order chi connectivity index (χ1) is 10.6. The predicted molar refractivity (Wildman–Crippen MR) is 93.8 cm³/mol. The second-order valence-electron chi connectivity index (χ2n) is 5.97. The second kappa shape index (κ2) is 5.84. The van der Waals surface area contributed by atoms with Crippen LogP contribution in [0.3, 0.4) is 0 Å². The molecule has 4 heteroatoms. The molecule has 0 aliphatic rings. The number of fused-ring (bicyclic) bond motifs is 1. The summed E-state index contributed by atoms with van der Waals surface area (Å²) in [6, 6.07) is 4.38. The van der Waals surface area contributed by atoms with E-state index in [1.165, 1.54) is 16.0 Å². The lowest BCUT2D eigenvalue weighted by atomic mass is 9.95. The zero-order valence-electron chi connectivity index (χ0n) is 14.0. The van der Waals surface area contributed by atoms with Crippen LogP contribution in [0.1, 0.15) is 55.1 Å². The molecule has 22 heavy (non-hydrogen) atoms. The van der Waals surface area contributed by atoms with Crippen LogP contribution in [0.15, 0.2) is 17.5 Å². The molecule has 3 heterocycles. The maximum absolute atomic E-state index is 4.88. The van der Waals surface area contributed by atoms with Crippen LogP contribution in [0, 0.1) is 20.8 Å². The Morgan fingerprint density at radius 2 is 1.91 bits per heavy atom. The van der Waals surface area contributed by atoms with Gasteiger partial charge in [-0.15, -0.1) is 11.3 Å². The lowest BCUT2D eigenvalue weighted by Gasteiger charge is -2.14. The zero-order chi connectivity index (χ0) is 15.9. The van der Waals surface area contributed by atoms with Crippen LogP contribution in [0.4, 0.5) is 0 Å². The molecule has 0 radical (unpaired) electrons. The predicted octanol–water partition coefficient (Wildman–Crippen LogP) is 5.29.